The van der Waals surface area contributed by atoms with Gasteiger partial charge in [0.15, 0.2) is 0 Å². The van der Waals surface area contributed by atoms with Crippen molar-refractivity contribution in [3.05, 3.63) is 53.8 Å². The molecule has 1 fully saturated rings. The van der Waals surface area contributed by atoms with E-state index in [0.717, 1.165) is 12.8 Å². The number of rotatable bonds is 4. The van der Waals surface area contributed by atoms with E-state index in [4.69, 9.17) is 16.0 Å². The maximum absolute atomic E-state index is 13.2. The highest BCUT2D eigenvalue weighted by Crippen LogP contribution is 2.36. The second-order valence-corrected chi connectivity index (χ2v) is 8.45. The van der Waals surface area contributed by atoms with Gasteiger partial charge in [0.25, 0.3) is 5.89 Å². The van der Waals surface area contributed by atoms with Crippen LogP contribution in [-0.4, -0.2) is 39.4 Å². The third kappa shape index (κ3) is 3.58. The van der Waals surface area contributed by atoms with Crippen LogP contribution in [0.25, 0.3) is 11.6 Å². The van der Waals surface area contributed by atoms with E-state index in [-0.39, 0.29) is 16.7 Å². The minimum absolute atomic E-state index is 0.149. The highest BCUT2D eigenvalue weighted by Gasteiger charge is 2.37. The lowest BCUT2D eigenvalue weighted by Crippen LogP contribution is -2.38. The van der Waals surface area contributed by atoms with Gasteiger partial charge in [-0.05, 0) is 31.0 Å². The molecule has 1 aliphatic rings. The molecule has 1 unspecified atom stereocenters. The van der Waals surface area contributed by atoms with Crippen molar-refractivity contribution in [2.24, 2.45) is 0 Å². The minimum atomic E-state index is -3.74. The molecule has 140 valence electrons. The Labute approximate surface area is 161 Å². The Morgan fingerprint density at radius 1 is 1.19 bits per heavy atom. The zero-order valence-corrected chi connectivity index (χ0v) is 15.8. The standard InChI is InChI=1S/C17H16ClN5O3S/c18-12-4-3-5-13(10-12)27(24,25)23-9-2-1-6-15(23)17-22-21-16(26-17)14-11-19-7-8-20-14/h3-5,7-8,10-11,15H,1-2,6,9H2. The number of halogens is 1. The Bertz CT molecular complexity index is 1040. The van der Waals surface area contributed by atoms with E-state index in [2.05, 4.69) is 20.2 Å². The Morgan fingerprint density at radius 3 is 2.85 bits per heavy atom. The van der Waals surface area contributed by atoms with Crippen molar-refractivity contribution in [3.63, 3.8) is 0 Å². The average molecular weight is 406 g/mol. The molecule has 0 radical (unpaired) electrons. The van der Waals surface area contributed by atoms with Gasteiger partial charge in [0, 0.05) is 24.0 Å². The summed E-state index contributed by atoms with van der Waals surface area (Å²) >= 11 is 5.98. The van der Waals surface area contributed by atoms with Crippen molar-refractivity contribution in [3.8, 4) is 11.6 Å². The molecule has 1 aliphatic heterocycles. The van der Waals surface area contributed by atoms with Gasteiger partial charge in [-0.25, -0.2) is 13.4 Å². The van der Waals surface area contributed by atoms with Crippen LogP contribution in [0.2, 0.25) is 5.02 Å². The van der Waals surface area contributed by atoms with E-state index in [1.165, 1.54) is 28.8 Å². The van der Waals surface area contributed by atoms with Crippen molar-refractivity contribution in [1.82, 2.24) is 24.5 Å². The summed E-state index contributed by atoms with van der Waals surface area (Å²) in [5.41, 5.74) is 0.441. The molecule has 0 spiro atoms. The van der Waals surface area contributed by atoms with Crippen LogP contribution in [0, 0.1) is 0 Å². The van der Waals surface area contributed by atoms with Gasteiger partial charge < -0.3 is 4.42 Å². The van der Waals surface area contributed by atoms with Crippen LogP contribution in [0.4, 0.5) is 0 Å². The Balaban J connectivity index is 1.68. The van der Waals surface area contributed by atoms with Crippen molar-refractivity contribution in [2.75, 3.05) is 6.54 Å². The fraction of sp³-hybridized carbons (Fsp3) is 0.294. The Hall–Kier alpha value is -2.36. The number of aromatic nitrogens is 4. The third-order valence-electron chi connectivity index (χ3n) is 4.36. The second-order valence-electron chi connectivity index (χ2n) is 6.12. The smallest absolute Gasteiger partial charge is 0.267 e. The molecule has 10 heteroatoms. The zero-order valence-electron chi connectivity index (χ0n) is 14.2. The van der Waals surface area contributed by atoms with Gasteiger partial charge in [-0.15, -0.1) is 10.2 Å². The first kappa shape index (κ1) is 18.0. The van der Waals surface area contributed by atoms with Crippen molar-refractivity contribution in [2.45, 2.75) is 30.2 Å². The van der Waals surface area contributed by atoms with Crippen LogP contribution in [0.1, 0.15) is 31.2 Å². The largest absolute Gasteiger partial charge is 0.417 e. The molecule has 4 rings (SSSR count). The van der Waals surface area contributed by atoms with E-state index in [0.29, 0.717) is 23.7 Å². The minimum Gasteiger partial charge on any atom is -0.417 e. The summed E-state index contributed by atoms with van der Waals surface area (Å²) in [7, 11) is -3.74. The fourth-order valence-corrected chi connectivity index (χ4v) is 5.04. The summed E-state index contributed by atoms with van der Waals surface area (Å²) in [5.74, 6) is 0.463. The topological polar surface area (TPSA) is 102 Å². The summed E-state index contributed by atoms with van der Waals surface area (Å²) < 4.78 is 33.5. The molecular formula is C17H16ClN5O3S. The monoisotopic (exact) mass is 405 g/mol. The average Bonchev–Trinajstić information content (AvgIpc) is 3.19. The van der Waals surface area contributed by atoms with Gasteiger partial charge in [0.2, 0.25) is 15.9 Å². The number of hydrogen-bond donors (Lipinski definition) is 0. The molecule has 2 aromatic heterocycles. The zero-order chi connectivity index (χ0) is 18.9. The fourth-order valence-electron chi connectivity index (χ4n) is 3.08. The molecule has 0 bridgehead atoms. The lowest BCUT2D eigenvalue weighted by molar-refractivity contribution is 0.220. The third-order valence-corrected chi connectivity index (χ3v) is 6.50. The maximum Gasteiger partial charge on any atom is 0.267 e. The summed E-state index contributed by atoms with van der Waals surface area (Å²) in [6.07, 6.45) is 6.81. The molecule has 0 amide bonds. The molecule has 3 aromatic rings. The maximum atomic E-state index is 13.2. The van der Waals surface area contributed by atoms with E-state index in [9.17, 15) is 8.42 Å². The van der Waals surface area contributed by atoms with Crippen molar-refractivity contribution < 1.29 is 12.8 Å². The highest BCUT2D eigenvalue weighted by molar-refractivity contribution is 7.89. The van der Waals surface area contributed by atoms with E-state index in [1.54, 1.807) is 18.3 Å². The van der Waals surface area contributed by atoms with Crippen molar-refractivity contribution in [1.29, 1.82) is 0 Å². The molecule has 0 saturated carbocycles. The molecule has 1 saturated heterocycles. The molecule has 1 aromatic carbocycles. The van der Waals surface area contributed by atoms with Crippen LogP contribution in [0.5, 0.6) is 0 Å². The van der Waals surface area contributed by atoms with Crippen LogP contribution >= 0.6 is 11.6 Å². The van der Waals surface area contributed by atoms with Crippen molar-refractivity contribution >= 4 is 21.6 Å². The van der Waals surface area contributed by atoms with E-state index >= 15 is 0 Å². The van der Waals surface area contributed by atoms with Crippen LogP contribution in [0.3, 0.4) is 0 Å². The Kier molecular flexibility index (Phi) is 4.90. The molecule has 8 nitrogen and oxygen atoms in total. The quantitative estimate of drug-likeness (QED) is 0.657. The summed E-state index contributed by atoms with van der Waals surface area (Å²) in [5, 5.41) is 8.45. The molecule has 0 aliphatic carbocycles. The lowest BCUT2D eigenvalue weighted by Gasteiger charge is -2.32. The first-order valence-corrected chi connectivity index (χ1v) is 10.2. The predicted molar refractivity (Wildman–Crippen MR) is 97.3 cm³/mol. The first-order valence-electron chi connectivity index (χ1n) is 8.43. The second kappa shape index (κ2) is 7.34. The Morgan fingerprint density at radius 2 is 2.07 bits per heavy atom. The number of sulfonamides is 1. The number of nitrogens with zero attached hydrogens (tertiary/aromatic N) is 5. The lowest BCUT2D eigenvalue weighted by atomic mass is 10.1. The van der Waals surface area contributed by atoms with Gasteiger partial charge in [0.05, 0.1) is 11.1 Å². The van der Waals surface area contributed by atoms with Gasteiger partial charge in [-0.1, -0.05) is 24.1 Å². The van der Waals surface area contributed by atoms with E-state index < -0.39 is 16.1 Å². The molecular weight excluding hydrogens is 390 g/mol. The normalized spacial score (nSPS) is 18.5. The van der Waals surface area contributed by atoms with Gasteiger partial charge in [0.1, 0.15) is 11.7 Å². The van der Waals surface area contributed by atoms with Crippen LogP contribution < -0.4 is 0 Å². The van der Waals surface area contributed by atoms with Gasteiger partial charge >= 0.3 is 0 Å². The summed E-state index contributed by atoms with van der Waals surface area (Å²) in [6, 6.07) is 5.71. The van der Waals surface area contributed by atoms with Crippen LogP contribution in [-0.2, 0) is 10.0 Å². The van der Waals surface area contributed by atoms with Gasteiger partial charge in [-0.2, -0.15) is 4.31 Å². The highest BCUT2D eigenvalue weighted by atomic mass is 35.5. The summed E-state index contributed by atoms with van der Waals surface area (Å²) in [6.45, 7) is 0.377. The van der Waals surface area contributed by atoms with Crippen LogP contribution in [0.15, 0.2) is 52.2 Å². The molecule has 1 atom stereocenters. The number of benzene rings is 1. The number of piperidine rings is 1. The SMILES string of the molecule is O=S(=O)(c1cccc(Cl)c1)N1CCCCC1c1nnc(-c2cnccn2)o1. The van der Waals surface area contributed by atoms with E-state index in [1.807, 2.05) is 0 Å². The first-order chi connectivity index (χ1) is 13.1. The molecule has 3 heterocycles. The molecule has 0 N–H and O–H groups in total. The van der Waals surface area contributed by atoms with Gasteiger partial charge in [-0.3, -0.25) is 4.98 Å². The predicted octanol–water partition coefficient (Wildman–Crippen LogP) is 3.10. The summed E-state index contributed by atoms with van der Waals surface area (Å²) in [4.78, 5) is 8.25. The number of hydrogen-bond acceptors (Lipinski definition) is 7. The molecule has 27 heavy (non-hydrogen) atoms.